The van der Waals surface area contributed by atoms with Crippen LogP contribution in [0.2, 0.25) is 0 Å². The maximum Gasteiger partial charge on any atom is 0.238 e. The Hall–Kier alpha value is -1.53. The summed E-state index contributed by atoms with van der Waals surface area (Å²) in [6, 6.07) is 3.11. The fourth-order valence-electron chi connectivity index (χ4n) is 2.50. The Morgan fingerprint density at radius 1 is 1.45 bits per heavy atom. The number of nitrogens with one attached hydrogen (secondary N) is 2. The first-order chi connectivity index (χ1) is 9.58. The summed E-state index contributed by atoms with van der Waals surface area (Å²) in [4.78, 5) is 13.9. The lowest BCUT2D eigenvalue weighted by Crippen LogP contribution is -2.32. The van der Waals surface area contributed by atoms with E-state index in [1.807, 2.05) is 11.9 Å². The van der Waals surface area contributed by atoms with Crippen LogP contribution in [0.15, 0.2) is 18.2 Å². The predicted molar refractivity (Wildman–Crippen MR) is 73.5 cm³/mol. The second-order valence-corrected chi connectivity index (χ2v) is 5.12. The van der Waals surface area contributed by atoms with Crippen molar-refractivity contribution in [3.05, 3.63) is 29.8 Å². The molecule has 1 fully saturated rings. The molecule has 1 atom stereocenters. The summed E-state index contributed by atoms with van der Waals surface area (Å²) in [6.07, 6.45) is 1.05. The summed E-state index contributed by atoms with van der Waals surface area (Å²) in [5.41, 5.74) is 0.0161. The van der Waals surface area contributed by atoms with Gasteiger partial charge in [0.25, 0.3) is 0 Å². The molecule has 20 heavy (non-hydrogen) atoms. The Kier molecular flexibility index (Phi) is 5.03. The van der Waals surface area contributed by atoms with Gasteiger partial charge in [0.1, 0.15) is 11.6 Å². The molecular formula is C14H19F2N3O. The number of rotatable bonds is 5. The molecule has 1 unspecified atom stereocenters. The van der Waals surface area contributed by atoms with Gasteiger partial charge in [-0.2, -0.15) is 0 Å². The van der Waals surface area contributed by atoms with Crippen LogP contribution < -0.4 is 10.6 Å². The van der Waals surface area contributed by atoms with E-state index in [0.29, 0.717) is 5.92 Å². The monoisotopic (exact) mass is 283 g/mol. The maximum absolute atomic E-state index is 13.4. The molecule has 0 radical (unpaired) electrons. The van der Waals surface area contributed by atoms with Gasteiger partial charge in [-0.1, -0.05) is 0 Å². The van der Waals surface area contributed by atoms with Crippen LogP contribution in [0, 0.1) is 17.6 Å². The third-order valence-corrected chi connectivity index (χ3v) is 3.44. The molecule has 110 valence electrons. The topological polar surface area (TPSA) is 44.4 Å². The lowest BCUT2D eigenvalue weighted by atomic mass is 10.1. The van der Waals surface area contributed by atoms with E-state index < -0.39 is 11.6 Å². The van der Waals surface area contributed by atoms with Gasteiger partial charge in [0.05, 0.1) is 12.2 Å². The van der Waals surface area contributed by atoms with Gasteiger partial charge < -0.3 is 10.6 Å². The molecule has 1 amide bonds. The van der Waals surface area contributed by atoms with Gasteiger partial charge in [-0.3, -0.25) is 9.69 Å². The third kappa shape index (κ3) is 3.98. The summed E-state index contributed by atoms with van der Waals surface area (Å²) < 4.78 is 26.2. The van der Waals surface area contributed by atoms with E-state index in [1.165, 1.54) is 6.07 Å². The van der Waals surface area contributed by atoms with Crippen molar-refractivity contribution in [2.45, 2.75) is 6.42 Å². The first-order valence-corrected chi connectivity index (χ1v) is 6.70. The van der Waals surface area contributed by atoms with Crippen LogP contribution in [-0.2, 0) is 4.79 Å². The molecule has 4 nitrogen and oxygen atoms in total. The van der Waals surface area contributed by atoms with E-state index in [1.54, 1.807) is 0 Å². The molecule has 0 saturated carbocycles. The molecule has 1 aromatic rings. The minimum Gasteiger partial charge on any atom is -0.322 e. The fraction of sp³-hybridized carbons (Fsp3) is 0.500. The first-order valence-electron chi connectivity index (χ1n) is 6.70. The minimum absolute atomic E-state index is 0.0161. The van der Waals surface area contributed by atoms with Crippen molar-refractivity contribution in [2.75, 3.05) is 38.5 Å². The van der Waals surface area contributed by atoms with Gasteiger partial charge in [0, 0.05) is 12.6 Å². The third-order valence-electron chi connectivity index (χ3n) is 3.44. The molecule has 1 heterocycles. The van der Waals surface area contributed by atoms with Crippen molar-refractivity contribution >= 4 is 11.6 Å². The molecule has 1 aliphatic rings. The molecule has 2 rings (SSSR count). The highest BCUT2D eigenvalue weighted by Crippen LogP contribution is 2.17. The van der Waals surface area contributed by atoms with Crippen molar-refractivity contribution in [3.8, 4) is 0 Å². The summed E-state index contributed by atoms with van der Waals surface area (Å²) in [5.74, 6) is -1.14. The Morgan fingerprint density at radius 3 is 2.95 bits per heavy atom. The number of carbonyl (C=O) groups excluding carboxylic acids is 1. The van der Waals surface area contributed by atoms with Gasteiger partial charge in [-0.15, -0.1) is 0 Å². The zero-order valence-corrected chi connectivity index (χ0v) is 11.5. The highest BCUT2D eigenvalue weighted by molar-refractivity contribution is 5.92. The number of amides is 1. The number of hydrogen-bond donors (Lipinski definition) is 2. The van der Waals surface area contributed by atoms with Crippen LogP contribution in [0.1, 0.15) is 6.42 Å². The molecule has 1 aromatic carbocycles. The van der Waals surface area contributed by atoms with Crippen molar-refractivity contribution in [2.24, 2.45) is 5.92 Å². The fourth-order valence-corrected chi connectivity index (χ4v) is 2.50. The van der Waals surface area contributed by atoms with Gasteiger partial charge >= 0.3 is 0 Å². The number of benzene rings is 1. The van der Waals surface area contributed by atoms with Crippen molar-refractivity contribution in [1.29, 1.82) is 0 Å². The highest BCUT2D eigenvalue weighted by Gasteiger charge is 2.23. The number of nitrogens with zero attached hydrogens (tertiary/aromatic N) is 1. The second kappa shape index (κ2) is 6.76. The number of halogens is 2. The smallest absolute Gasteiger partial charge is 0.238 e. The van der Waals surface area contributed by atoms with E-state index in [-0.39, 0.29) is 18.1 Å². The molecule has 0 bridgehead atoms. The average molecular weight is 283 g/mol. The van der Waals surface area contributed by atoms with Gasteiger partial charge in [0.2, 0.25) is 5.91 Å². The number of likely N-dealkylation sites (tertiary alicyclic amines) is 1. The van der Waals surface area contributed by atoms with Crippen LogP contribution in [0.25, 0.3) is 0 Å². The molecule has 1 saturated heterocycles. The largest absolute Gasteiger partial charge is 0.322 e. The molecule has 6 heteroatoms. The number of hydrogen-bond acceptors (Lipinski definition) is 3. The quantitative estimate of drug-likeness (QED) is 0.859. The van der Waals surface area contributed by atoms with Crippen molar-refractivity contribution < 1.29 is 13.6 Å². The Bertz CT molecular complexity index is 481. The molecule has 0 aromatic heterocycles. The van der Waals surface area contributed by atoms with E-state index in [4.69, 9.17) is 0 Å². The lowest BCUT2D eigenvalue weighted by Gasteiger charge is -2.15. The maximum atomic E-state index is 13.4. The number of anilines is 1. The van der Waals surface area contributed by atoms with Crippen LogP contribution in [0.4, 0.5) is 14.5 Å². The Morgan fingerprint density at radius 2 is 2.25 bits per heavy atom. The van der Waals surface area contributed by atoms with E-state index >= 15 is 0 Å². The normalized spacial score (nSPS) is 19.2. The average Bonchev–Trinajstić information content (AvgIpc) is 2.81. The van der Waals surface area contributed by atoms with Crippen LogP contribution in [0.5, 0.6) is 0 Å². The van der Waals surface area contributed by atoms with Gasteiger partial charge in [-0.25, -0.2) is 8.78 Å². The van der Waals surface area contributed by atoms with Crippen molar-refractivity contribution in [1.82, 2.24) is 10.2 Å². The highest BCUT2D eigenvalue weighted by atomic mass is 19.1. The number of carbonyl (C=O) groups is 1. The molecule has 0 spiro atoms. The van der Waals surface area contributed by atoms with Crippen LogP contribution >= 0.6 is 0 Å². The Labute approximate surface area is 117 Å². The second-order valence-electron chi connectivity index (χ2n) is 5.12. The van der Waals surface area contributed by atoms with Crippen LogP contribution in [-0.4, -0.2) is 44.0 Å². The summed E-state index contributed by atoms with van der Waals surface area (Å²) >= 11 is 0. The van der Waals surface area contributed by atoms with E-state index in [9.17, 15) is 13.6 Å². The zero-order chi connectivity index (χ0) is 14.5. The standard InChI is InChI=1S/C14H19F2N3O/c1-17-7-10-4-5-19(8-10)9-14(20)18-13-3-2-11(15)6-12(13)16/h2-3,6,10,17H,4-5,7-9H2,1H3,(H,18,20). The lowest BCUT2D eigenvalue weighted by molar-refractivity contribution is -0.117. The molecule has 0 aliphatic carbocycles. The van der Waals surface area contributed by atoms with Gasteiger partial charge in [0.15, 0.2) is 0 Å². The molecule has 2 N–H and O–H groups in total. The minimum atomic E-state index is -0.757. The Balaban J connectivity index is 1.84. The van der Waals surface area contributed by atoms with E-state index in [2.05, 4.69) is 10.6 Å². The molecule has 1 aliphatic heterocycles. The summed E-state index contributed by atoms with van der Waals surface area (Å²) in [6.45, 7) is 2.90. The van der Waals surface area contributed by atoms with Crippen molar-refractivity contribution in [3.63, 3.8) is 0 Å². The van der Waals surface area contributed by atoms with Crippen LogP contribution in [0.3, 0.4) is 0 Å². The van der Waals surface area contributed by atoms with Gasteiger partial charge in [-0.05, 0) is 44.6 Å². The summed E-state index contributed by atoms with van der Waals surface area (Å²) in [5, 5.41) is 5.60. The zero-order valence-electron chi connectivity index (χ0n) is 11.5. The van der Waals surface area contributed by atoms with E-state index in [0.717, 1.165) is 38.2 Å². The first kappa shape index (κ1) is 14.9. The SMILES string of the molecule is CNCC1CCN(CC(=O)Nc2ccc(F)cc2F)C1. The predicted octanol–water partition coefficient (Wildman–Crippen LogP) is 1.44. The summed E-state index contributed by atoms with van der Waals surface area (Å²) in [7, 11) is 1.91. The molecular weight excluding hydrogens is 264 g/mol.